The number of hydrogen-bond donors (Lipinski definition) is 1. The van der Waals surface area contributed by atoms with Crippen LogP contribution in [0.1, 0.15) is 43.4 Å². The van der Waals surface area contributed by atoms with Crippen LogP contribution in [0.5, 0.6) is 0 Å². The fraction of sp³-hybridized carbons (Fsp3) is 0.300. The standard InChI is InChI=1S/C20H24O/c1-3-5-6-7-16-8-10-17(11-9-16)18-12-14-19(15-13-18)20(21)4-2/h4,8-15,20-21H,2-3,5-7H2,1H3. The lowest BCUT2D eigenvalue weighted by Gasteiger charge is -2.08. The summed E-state index contributed by atoms with van der Waals surface area (Å²) < 4.78 is 0. The molecule has 0 aromatic heterocycles. The van der Waals surface area contributed by atoms with Crippen molar-refractivity contribution in [3.63, 3.8) is 0 Å². The summed E-state index contributed by atoms with van der Waals surface area (Å²) in [5.41, 5.74) is 4.68. The lowest BCUT2D eigenvalue weighted by atomic mass is 9.99. The Morgan fingerprint density at radius 2 is 1.52 bits per heavy atom. The maximum absolute atomic E-state index is 9.71. The van der Waals surface area contributed by atoms with Crippen molar-refractivity contribution in [3.05, 3.63) is 72.3 Å². The summed E-state index contributed by atoms with van der Waals surface area (Å²) in [7, 11) is 0. The predicted octanol–water partition coefficient (Wildman–Crippen LogP) is 5.31. The van der Waals surface area contributed by atoms with Crippen LogP contribution >= 0.6 is 0 Å². The highest BCUT2D eigenvalue weighted by Gasteiger charge is 2.03. The molecule has 0 aliphatic heterocycles. The maximum atomic E-state index is 9.71. The van der Waals surface area contributed by atoms with Crippen molar-refractivity contribution < 1.29 is 5.11 Å². The molecule has 2 aromatic carbocycles. The molecule has 1 nitrogen and oxygen atoms in total. The Kier molecular flexibility index (Phi) is 5.77. The molecule has 0 saturated heterocycles. The van der Waals surface area contributed by atoms with E-state index in [1.165, 1.54) is 42.4 Å². The highest BCUT2D eigenvalue weighted by Crippen LogP contribution is 2.23. The summed E-state index contributed by atoms with van der Waals surface area (Å²) in [6, 6.07) is 16.8. The van der Waals surface area contributed by atoms with E-state index < -0.39 is 6.10 Å². The Morgan fingerprint density at radius 3 is 2.05 bits per heavy atom. The second-order valence-electron chi connectivity index (χ2n) is 5.46. The van der Waals surface area contributed by atoms with Gasteiger partial charge in [0.2, 0.25) is 0 Å². The molecule has 0 aliphatic rings. The minimum atomic E-state index is -0.583. The Bertz CT molecular complexity index is 551. The number of aliphatic hydroxyl groups is 1. The summed E-state index contributed by atoms with van der Waals surface area (Å²) in [6.07, 6.45) is 5.96. The molecule has 0 aliphatic carbocycles. The number of aliphatic hydroxyl groups excluding tert-OH is 1. The van der Waals surface area contributed by atoms with Gasteiger partial charge in [-0.2, -0.15) is 0 Å². The van der Waals surface area contributed by atoms with Gasteiger partial charge in [0.15, 0.2) is 0 Å². The molecule has 1 unspecified atom stereocenters. The average molecular weight is 280 g/mol. The van der Waals surface area contributed by atoms with E-state index in [-0.39, 0.29) is 0 Å². The van der Waals surface area contributed by atoms with Crippen LogP contribution in [0.3, 0.4) is 0 Å². The smallest absolute Gasteiger partial charge is 0.0969 e. The molecule has 2 aromatic rings. The zero-order chi connectivity index (χ0) is 15.1. The van der Waals surface area contributed by atoms with Crippen molar-refractivity contribution in [2.75, 3.05) is 0 Å². The van der Waals surface area contributed by atoms with Crippen LogP contribution in [-0.4, -0.2) is 5.11 Å². The summed E-state index contributed by atoms with van der Waals surface area (Å²) >= 11 is 0. The van der Waals surface area contributed by atoms with Crippen LogP contribution in [0.25, 0.3) is 11.1 Å². The summed E-state index contributed by atoms with van der Waals surface area (Å²) in [5, 5.41) is 9.71. The van der Waals surface area contributed by atoms with Crippen molar-refractivity contribution in [1.29, 1.82) is 0 Å². The van der Waals surface area contributed by atoms with Gasteiger partial charge in [-0.1, -0.05) is 74.4 Å². The van der Waals surface area contributed by atoms with Gasteiger partial charge in [-0.3, -0.25) is 0 Å². The van der Waals surface area contributed by atoms with E-state index in [2.05, 4.69) is 37.8 Å². The summed E-state index contributed by atoms with van der Waals surface area (Å²) in [4.78, 5) is 0. The van der Waals surface area contributed by atoms with Crippen LogP contribution in [0.15, 0.2) is 61.2 Å². The van der Waals surface area contributed by atoms with Gasteiger partial charge in [0, 0.05) is 0 Å². The van der Waals surface area contributed by atoms with Crippen molar-refractivity contribution in [2.45, 2.75) is 38.7 Å². The van der Waals surface area contributed by atoms with Crippen molar-refractivity contribution >= 4 is 0 Å². The van der Waals surface area contributed by atoms with Crippen LogP contribution < -0.4 is 0 Å². The first kappa shape index (κ1) is 15.5. The van der Waals surface area contributed by atoms with E-state index in [9.17, 15) is 5.11 Å². The maximum Gasteiger partial charge on any atom is 0.0969 e. The molecular formula is C20H24O. The van der Waals surface area contributed by atoms with E-state index in [0.717, 1.165) is 5.56 Å². The number of benzene rings is 2. The van der Waals surface area contributed by atoms with Gasteiger partial charge in [-0.25, -0.2) is 0 Å². The topological polar surface area (TPSA) is 20.2 Å². The van der Waals surface area contributed by atoms with E-state index in [1.54, 1.807) is 6.08 Å². The second-order valence-corrected chi connectivity index (χ2v) is 5.46. The molecule has 2 rings (SSSR count). The van der Waals surface area contributed by atoms with Crippen LogP contribution in [-0.2, 0) is 6.42 Å². The minimum absolute atomic E-state index is 0.583. The zero-order valence-electron chi connectivity index (χ0n) is 12.8. The van der Waals surface area contributed by atoms with Gasteiger partial charge >= 0.3 is 0 Å². The van der Waals surface area contributed by atoms with E-state index in [1.807, 2.05) is 24.3 Å². The molecule has 1 heteroatoms. The molecule has 0 fully saturated rings. The van der Waals surface area contributed by atoms with Gasteiger partial charge in [-0.15, -0.1) is 6.58 Å². The third kappa shape index (κ3) is 4.30. The summed E-state index contributed by atoms with van der Waals surface area (Å²) in [5.74, 6) is 0. The molecule has 110 valence electrons. The third-order valence-electron chi connectivity index (χ3n) is 3.83. The first-order chi connectivity index (χ1) is 10.2. The Balaban J connectivity index is 2.06. The van der Waals surface area contributed by atoms with E-state index in [0.29, 0.717) is 0 Å². The van der Waals surface area contributed by atoms with Gasteiger partial charge in [-0.05, 0) is 35.1 Å². The molecule has 0 saturated carbocycles. The van der Waals surface area contributed by atoms with Gasteiger partial charge in [0.1, 0.15) is 0 Å². The molecular weight excluding hydrogens is 256 g/mol. The number of rotatable bonds is 7. The number of aryl methyl sites for hydroxylation is 1. The predicted molar refractivity (Wildman–Crippen MR) is 90.3 cm³/mol. The largest absolute Gasteiger partial charge is 0.384 e. The molecule has 0 spiro atoms. The van der Waals surface area contributed by atoms with Crippen LogP contribution in [0, 0.1) is 0 Å². The monoisotopic (exact) mass is 280 g/mol. The average Bonchev–Trinajstić information content (AvgIpc) is 2.55. The quantitative estimate of drug-likeness (QED) is 0.538. The molecule has 0 amide bonds. The molecule has 1 N–H and O–H groups in total. The normalized spacial score (nSPS) is 12.1. The zero-order valence-corrected chi connectivity index (χ0v) is 12.8. The van der Waals surface area contributed by atoms with E-state index in [4.69, 9.17) is 0 Å². The van der Waals surface area contributed by atoms with Crippen LogP contribution in [0.2, 0.25) is 0 Å². The second kappa shape index (κ2) is 7.80. The molecule has 1 atom stereocenters. The molecule has 0 bridgehead atoms. The number of unbranched alkanes of at least 4 members (excludes halogenated alkanes) is 2. The lowest BCUT2D eigenvalue weighted by Crippen LogP contribution is -1.92. The van der Waals surface area contributed by atoms with Gasteiger partial charge in [0.25, 0.3) is 0 Å². The summed E-state index contributed by atoms with van der Waals surface area (Å²) in [6.45, 7) is 5.84. The van der Waals surface area contributed by atoms with E-state index >= 15 is 0 Å². The fourth-order valence-electron chi connectivity index (χ4n) is 2.45. The third-order valence-corrected chi connectivity index (χ3v) is 3.83. The Hall–Kier alpha value is -1.86. The SMILES string of the molecule is C=CC(O)c1ccc(-c2ccc(CCCCC)cc2)cc1. The molecule has 21 heavy (non-hydrogen) atoms. The van der Waals surface area contributed by atoms with Gasteiger partial charge < -0.3 is 5.11 Å². The highest BCUT2D eigenvalue weighted by molar-refractivity contribution is 5.64. The first-order valence-corrected chi connectivity index (χ1v) is 7.74. The highest BCUT2D eigenvalue weighted by atomic mass is 16.3. The van der Waals surface area contributed by atoms with Crippen molar-refractivity contribution in [2.24, 2.45) is 0 Å². The van der Waals surface area contributed by atoms with Crippen molar-refractivity contribution in [1.82, 2.24) is 0 Å². The minimum Gasteiger partial charge on any atom is -0.384 e. The molecule has 0 heterocycles. The Morgan fingerprint density at radius 1 is 0.952 bits per heavy atom. The number of hydrogen-bond acceptors (Lipinski definition) is 1. The fourth-order valence-corrected chi connectivity index (χ4v) is 2.45. The van der Waals surface area contributed by atoms with Crippen molar-refractivity contribution in [3.8, 4) is 11.1 Å². The lowest BCUT2D eigenvalue weighted by molar-refractivity contribution is 0.229. The van der Waals surface area contributed by atoms with Crippen LogP contribution in [0.4, 0.5) is 0 Å². The van der Waals surface area contributed by atoms with Gasteiger partial charge in [0.05, 0.1) is 6.10 Å². The Labute approximate surface area is 128 Å². The molecule has 0 radical (unpaired) electrons. The first-order valence-electron chi connectivity index (χ1n) is 7.74.